The number of imidazole rings is 1. The van der Waals surface area contributed by atoms with Crippen molar-refractivity contribution in [1.82, 2.24) is 9.55 Å². The first-order chi connectivity index (χ1) is 8.16. The molecule has 0 unspecified atom stereocenters. The van der Waals surface area contributed by atoms with Crippen LogP contribution >= 0.6 is 43.2 Å². The van der Waals surface area contributed by atoms with Crippen LogP contribution in [-0.2, 0) is 7.05 Å². The lowest BCUT2D eigenvalue weighted by Crippen LogP contribution is -1.89. The maximum Gasteiger partial charge on any atom is 0.151 e. The second-order valence-corrected chi connectivity index (χ2v) is 6.94. The van der Waals surface area contributed by atoms with Gasteiger partial charge in [0.15, 0.2) is 5.82 Å². The molecule has 0 amide bonds. The Balaban J connectivity index is 2.27. The predicted molar refractivity (Wildman–Crippen MR) is 79.4 cm³/mol. The highest BCUT2D eigenvalue weighted by Gasteiger charge is 2.13. The minimum Gasteiger partial charge on any atom is -0.326 e. The molecule has 0 bridgehead atoms. The van der Waals surface area contributed by atoms with Crippen LogP contribution in [-0.4, -0.2) is 9.55 Å². The molecule has 0 atom stereocenters. The number of benzene rings is 1. The number of para-hydroxylation sites is 2. The number of aromatic nitrogens is 2. The zero-order valence-electron chi connectivity index (χ0n) is 8.95. The SMILES string of the molecule is Cn1c(-c2cc(Br)c(Br)s2)nc2ccccc21. The molecule has 2 nitrogen and oxygen atoms in total. The second-order valence-electron chi connectivity index (χ2n) is 3.72. The fourth-order valence-corrected chi connectivity index (χ4v) is 3.88. The predicted octanol–water partition coefficient (Wildman–Crippen LogP) is 4.83. The maximum atomic E-state index is 4.67. The molecule has 0 N–H and O–H groups in total. The van der Waals surface area contributed by atoms with Crippen LogP contribution in [0.4, 0.5) is 0 Å². The van der Waals surface area contributed by atoms with Crippen molar-refractivity contribution >= 4 is 54.2 Å². The Kier molecular flexibility index (Phi) is 2.84. The number of thiophene rings is 1. The van der Waals surface area contributed by atoms with Crippen LogP contribution in [0.25, 0.3) is 21.7 Å². The van der Waals surface area contributed by atoms with Gasteiger partial charge in [-0.25, -0.2) is 4.98 Å². The monoisotopic (exact) mass is 370 g/mol. The van der Waals surface area contributed by atoms with E-state index < -0.39 is 0 Å². The number of nitrogens with zero attached hydrogens (tertiary/aromatic N) is 2. The van der Waals surface area contributed by atoms with Crippen LogP contribution in [0.5, 0.6) is 0 Å². The first-order valence-corrected chi connectivity index (χ1v) is 7.44. The highest BCUT2D eigenvalue weighted by atomic mass is 79.9. The molecule has 0 aliphatic heterocycles. The van der Waals surface area contributed by atoms with Crippen molar-refractivity contribution < 1.29 is 0 Å². The minimum atomic E-state index is 1.00. The van der Waals surface area contributed by atoms with Crippen molar-refractivity contribution in [3.05, 3.63) is 38.6 Å². The van der Waals surface area contributed by atoms with Crippen LogP contribution in [0.1, 0.15) is 0 Å². The van der Waals surface area contributed by atoms with Gasteiger partial charge < -0.3 is 4.57 Å². The molecule has 5 heteroatoms. The van der Waals surface area contributed by atoms with Gasteiger partial charge in [-0.15, -0.1) is 11.3 Å². The Bertz CT molecular complexity index is 680. The summed E-state index contributed by atoms with van der Waals surface area (Å²) in [6.45, 7) is 0. The molecule has 0 saturated heterocycles. The van der Waals surface area contributed by atoms with Gasteiger partial charge in [0.2, 0.25) is 0 Å². The third-order valence-corrected chi connectivity index (χ3v) is 5.90. The van der Waals surface area contributed by atoms with Crippen molar-refractivity contribution in [2.24, 2.45) is 7.05 Å². The fraction of sp³-hybridized carbons (Fsp3) is 0.0833. The van der Waals surface area contributed by atoms with Gasteiger partial charge in [0.25, 0.3) is 0 Å². The number of aryl methyl sites for hydroxylation is 1. The van der Waals surface area contributed by atoms with Crippen molar-refractivity contribution in [3.8, 4) is 10.7 Å². The van der Waals surface area contributed by atoms with Crippen LogP contribution < -0.4 is 0 Å². The van der Waals surface area contributed by atoms with Gasteiger partial charge in [-0.2, -0.15) is 0 Å². The Morgan fingerprint density at radius 1 is 1.24 bits per heavy atom. The first kappa shape index (κ1) is 11.4. The third-order valence-electron chi connectivity index (χ3n) is 2.65. The lowest BCUT2D eigenvalue weighted by Gasteiger charge is -1.98. The van der Waals surface area contributed by atoms with Crippen molar-refractivity contribution in [3.63, 3.8) is 0 Å². The normalized spacial score (nSPS) is 11.2. The van der Waals surface area contributed by atoms with E-state index in [9.17, 15) is 0 Å². The van der Waals surface area contributed by atoms with Crippen molar-refractivity contribution in [2.45, 2.75) is 0 Å². The van der Waals surface area contributed by atoms with Gasteiger partial charge in [0.05, 0.1) is 19.7 Å². The standard InChI is InChI=1S/C12H8Br2N2S/c1-16-9-5-3-2-4-8(9)15-12(16)10-6-7(13)11(14)17-10/h2-6H,1H3. The van der Waals surface area contributed by atoms with E-state index in [1.807, 2.05) is 25.2 Å². The lowest BCUT2D eigenvalue weighted by atomic mass is 10.3. The summed E-state index contributed by atoms with van der Waals surface area (Å²) in [5.74, 6) is 1.00. The van der Waals surface area contributed by atoms with E-state index in [1.165, 1.54) is 0 Å². The Morgan fingerprint density at radius 2 is 2.00 bits per heavy atom. The first-order valence-electron chi connectivity index (χ1n) is 5.03. The minimum absolute atomic E-state index is 1.00. The number of fused-ring (bicyclic) bond motifs is 1. The molecular formula is C12H8Br2N2S. The molecule has 17 heavy (non-hydrogen) atoms. The average Bonchev–Trinajstić information content (AvgIpc) is 2.82. The van der Waals surface area contributed by atoms with Gasteiger partial charge in [-0.05, 0) is 50.1 Å². The summed E-state index contributed by atoms with van der Waals surface area (Å²) in [6, 6.07) is 10.3. The highest BCUT2D eigenvalue weighted by Crippen LogP contribution is 2.38. The quantitative estimate of drug-likeness (QED) is 0.599. The zero-order valence-corrected chi connectivity index (χ0v) is 12.9. The second kappa shape index (κ2) is 4.23. The van der Waals surface area contributed by atoms with Crippen LogP contribution in [0.3, 0.4) is 0 Å². The van der Waals surface area contributed by atoms with E-state index in [-0.39, 0.29) is 0 Å². The van der Waals surface area contributed by atoms with Gasteiger partial charge >= 0.3 is 0 Å². The molecular weight excluding hydrogens is 364 g/mol. The molecule has 2 heterocycles. The topological polar surface area (TPSA) is 17.8 Å². The van der Waals surface area contributed by atoms with Gasteiger partial charge in [-0.3, -0.25) is 0 Å². The summed E-state index contributed by atoms with van der Waals surface area (Å²) in [5, 5.41) is 0. The fourth-order valence-electron chi connectivity index (χ4n) is 1.82. The Morgan fingerprint density at radius 3 is 2.65 bits per heavy atom. The van der Waals surface area contributed by atoms with Crippen LogP contribution in [0.15, 0.2) is 38.6 Å². The number of hydrogen-bond donors (Lipinski definition) is 0. The van der Waals surface area contributed by atoms with E-state index in [2.05, 4.69) is 53.5 Å². The lowest BCUT2D eigenvalue weighted by molar-refractivity contribution is 0.963. The Labute approximate surface area is 120 Å². The largest absolute Gasteiger partial charge is 0.326 e. The van der Waals surface area contributed by atoms with Gasteiger partial charge in [0, 0.05) is 11.5 Å². The molecule has 86 valence electrons. The highest BCUT2D eigenvalue weighted by molar-refractivity contribution is 9.13. The number of halogens is 2. The van der Waals surface area contributed by atoms with Gasteiger partial charge in [-0.1, -0.05) is 12.1 Å². The number of rotatable bonds is 1. The van der Waals surface area contributed by atoms with Crippen LogP contribution in [0.2, 0.25) is 0 Å². The van der Waals surface area contributed by atoms with E-state index >= 15 is 0 Å². The van der Waals surface area contributed by atoms with Crippen LogP contribution in [0, 0.1) is 0 Å². The number of hydrogen-bond acceptors (Lipinski definition) is 2. The summed E-state index contributed by atoms with van der Waals surface area (Å²) in [6.07, 6.45) is 0. The summed E-state index contributed by atoms with van der Waals surface area (Å²) in [7, 11) is 2.05. The van der Waals surface area contributed by atoms with E-state index in [0.29, 0.717) is 0 Å². The molecule has 0 fully saturated rings. The molecule has 3 rings (SSSR count). The van der Waals surface area contributed by atoms with Crippen molar-refractivity contribution in [2.75, 3.05) is 0 Å². The molecule has 0 radical (unpaired) electrons. The van der Waals surface area contributed by atoms with E-state index in [4.69, 9.17) is 0 Å². The summed E-state index contributed by atoms with van der Waals surface area (Å²) < 4.78 is 4.30. The maximum absolute atomic E-state index is 4.67. The van der Waals surface area contributed by atoms with E-state index in [1.54, 1.807) is 11.3 Å². The average molecular weight is 372 g/mol. The Hall–Kier alpha value is -0.650. The third kappa shape index (κ3) is 1.86. The smallest absolute Gasteiger partial charge is 0.151 e. The summed E-state index contributed by atoms with van der Waals surface area (Å²) in [4.78, 5) is 5.82. The molecule has 0 aliphatic carbocycles. The summed E-state index contributed by atoms with van der Waals surface area (Å²) in [5.41, 5.74) is 2.19. The van der Waals surface area contributed by atoms with E-state index in [0.717, 1.165) is 30.0 Å². The zero-order chi connectivity index (χ0) is 12.0. The molecule has 3 aromatic rings. The van der Waals surface area contributed by atoms with Crippen molar-refractivity contribution in [1.29, 1.82) is 0 Å². The molecule has 2 aromatic heterocycles. The summed E-state index contributed by atoms with van der Waals surface area (Å²) >= 11 is 8.71. The van der Waals surface area contributed by atoms with Gasteiger partial charge in [0.1, 0.15) is 0 Å². The molecule has 0 saturated carbocycles. The molecule has 0 spiro atoms. The molecule has 1 aromatic carbocycles. The molecule has 0 aliphatic rings.